The first-order valence-electron chi connectivity index (χ1n) is 4.82. The van der Waals surface area contributed by atoms with Crippen LogP contribution < -0.4 is 10.6 Å². The van der Waals surface area contributed by atoms with E-state index in [4.69, 9.17) is 0 Å². The van der Waals surface area contributed by atoms with Crippen LogP contribution in [0.3, 0.4) is 0 Å². The van der Waals surface area contributed by atoms with Gasteiger partial charge in [0.15, 0.2) is 0 Å². The summed E-state index contributed by atoms with van der Waals surface area (Å²) in [4.78, 5) is 0. The summed E-state index contributed by atoms with van der Waals surface area (Å²) in [5.41, 5.74) is 0.448. The first-order valence-corrected chi connectivity index (χ1v) is 4.82. The normalized spacial score (nSPS) is 46.2. The Kier molecular flexibility index (Phi) is 1.97. The number of hydrogen-bond donors (Lipinski definition) is 2. The van der Waals surface area contributed by atoms with Crippen LogP contribution in [-0.2, 0) is 0 Å². The maximum absolute atomic E-state index is 3.49. The van der Waals surface area contributed by atoms with Crippen molar-refractivity contribution in [3.05, 3.63) is 12.2 Å². The highest BCUT2D eigenvalue weighted by Crippen LogP contribution is 2.40. The van der Waals surface area contributed by atoms with Crippen molar-refractivity contribution < 1.29 is 0 Å². The van der Waals surface area contributed by atoms with E-state index in [0.29, 0.717) is 11.5 Å². The molecule has 2 N–H and O–H groups in total. The zero-order chi connectivity index (χ0) is 8.60. The second-order valence-electron chi connectivity index (χ2n) is 4.26. The van der Waals surface area contributed by atoms with E-state index >= 15 is 0 Å². The molecule has 0 saturated carbocycles. The van der Waals surface area contributed by atoms with E-state index in [-0.39, 0.29) is 0 Å². The molecule has 0 aromatic carbocycles. The summed E-state index contributed by atoms with van der Waals surface area (Å²) >= 11 is 0. The van der Waals surface area contributed by atoms with E-state index < -0.39 is 0 Å². The van der Waals surface area contributed by atoms with Crippen LogP contribution in [-0.4, -0.2) is 26.2 Å². The van der Waals surface area contributed by atoms with Gasteiger partial charge in [-0.15, -0.1) is 0 Å². The minimum absolute atomic E-state index is 0.448. The number of fused-ring (bicyclic) bond motifs is 1. The smallest absolute Gasteiger partial charge is 0.0316 e. The van der Waals surface area contributed by atoms with Crippen LogP contribution in [0.1, 0.15) is 13.3 Å². The molecule has 1 heterocycles. The maximum atomic E-state index is 3.49. The third-order valence-electron chi connectivity index (χ3n) is 3.60. The molecule has 2 heteroatoms. The van der Waals surface area contributed by atoms with Crippen molar-refractivity contribution >= 4 is 0 Å². The van der Waals surface area contributed by atoms with Crippen molar-refractivity contribution in [3.63, 3.8) is 0 Å². The quantitative estimate of drug-likeness (QED) is 0.562. The molecule has 68 valence electrons. The molecule has 0 aromatic rings. The average Bonchev–Trinajstić information content (AvgIpc) is 2.45. The molecule has 1 saturated heterocycles. The molecule has 0 bridgehead atoms. The van der Waals surface area contributed by atoms with Gasteiger partial charge in [0.1, 0.15) is 0 Å². The minimum atomic E-state index is 0.448. The van der Waals surface area contributed by atoms with Gasteiger partial charge < -0.3 is 10.6 Å². The number of rotatable bonds is 1. The second-order valence-corrected chi connectivity index (χ2v) is 4.26. The minimum Gasteiger partial charge on any atom is -0.316 e. The fourth-order valence-corrected chi connectivity index (χ4v) is 2.63. The first-order chi connectivity index (χ1) is 5.77. The Bertz CT molecular complexity index is 200. The lowest BCUT2D eigenvalue weighted by Gasteiger charge is -2.39. The van der Waals surface area contributed by atoms with Crippen LogP contribution in [0.5, 0.6) is 0 Å². The molecular weight excluding hydrogens is 148 g/mol. The third kappa shape index (κ3) is 1.02. The highest BCUT2D eigenvalue weighted by Gasteiger charge is 2.44. The second kappa shape index (κ2) is 2.86. The van der Waals surface area contributed by atoms with Gasteiger partial charge in [0.05, 0.1) is 0 Å². The van der Waals surface area contributed by atoms with Crippen LogP contribution in [0.25, 0.3) is 0 Å². The maximum Gasteiger partial charge on any atom is 0.0316 e. The molecule has 3 unspecified atom stereocenters. The Balaban J connectivity index is 2.24. The molecule has 2 rings (SSSR count). The molecule has 2 nitrogen and oxygen atoms in total. The molecule has 3 atom stereocenters. The summed E-state index contributed by atoms with van der Waals surface area (Å²) in [6.45, 7) is 4.74. The van der Waals surface area contributed by atoms with Crippen LogP contribution in [0.4, 0.5) is 0 Å². The lowest BCUT2D eigenvalue weighted by molar-refractivity contribution is 0.196. The van der Waals surface area contributed by atoms with Crippen molar-refractivity contribution in [1.82, 2.24) is 10.6 Å². The van der Waals surface area contributed by atoms with Crippen LogP contribution in [0.2, 0.25) is 0 Å². The Hall–Kier alpha value is -0.340. The summed E-state index contributed by atoms with van der Waals surface area (Å²) < 4.78 is 0. The van der Waals surface area contributed by atoms with Gasteiger partial charge >= 0.3 is 0 Å². The van der Waals surface area contributed by atoms with Crippen LogP contribution >= 0.6 is 0 Å². The summed E-state index contributed by atoms with van der Waals surface area (Å²) in [5.74, 6) is 0.833. The molecule has 0 aromatic heterocycles. The topological polar surface area (TPSA) is 24.1 Å². The molecule has 1 aliphatic heterocycles. The van der Waals surface area contributed by atoms with Crippen molar-refractivity contribution in [3.8, 4) is 0 Å². The number of likely N-dealkylation sites (N-methyl/N-ethyl adjacent to an activating group) is 1. The Morgan fingerprint density at radius 1 is 1.58 bits per heavy atom. The number of nitrogens with one attached hydrogen (secondary N) is 2. The van der Waals surface area contributed by atoms with Crippen molar-refractivity contribution in [1.29, 1.82) is 0 Å². The van der Waals surface area contributed by atoms with Gasteiger partial charge in [0.2, 0.25) is 0 Å². The van der Waals surface area contributed by atoms with E-state index in [0.717, 1.165) is 12.5 Å². The summed E-state index contributed by atoms with van der Waals surface area (Å²) in [7, 11) is 2.06. The molecule has 2 aliphatic rings. The molecule has 0 radical (unpaired) electrons. The number of allylic oxidation sites excluding steroid dienone is 1. The predicted molar refractivity (Wildman–Crippen MR) is 51.1 cm³/mol. The highest BCUT2D eigenvalue weighted by atomic mass is 15.0. The van der Waals surface area contributed by atoms with Gasteiger partial charge in [-0.2, -0.15) is 0 Å². The van der Waals surface area contributed by atoms with E-state index in [1.54, 1.807) is 0 Å². The fourth-order valence-electron chi connectivity index (χ4n) is 2.63. The summed E-state index contributed by atoms with van der Waals surface area (Å²) in [6, 6.07) is 0.561. The third-order valence-corrected chi connectivity index (χ3v) is 3.60. The molecule has 0 amide bonds. The Labute approximate surface area is 74.4 Å². The standard InChI is InChI=1S/C10H18N2/c1-10-7-12-6-8(10)4-3-5-9(10)11-2/h3,5,8-9,11-12H,4,6-7H2,1-2H3. The predicted octanol–water partition coefficient (Wildman–Crippen LogP) is 0.760. The van der Waals surface area contributed by atoms with Gasteiger partial charge in [0, 0.05) is 18.0 Å². The Morgan fingerprint density at radius 3 is 3.17 bits per heavy atom. The van der Waals surface area contributed by atoms with Crippen molar-refractivity contribution in [2.45, 2.75) is 19.4 Å². The highest BCUT2D eigenvalue weighted by molar-refractivity contribution is 5.13. The molecular formula is C10H18N2. The van der Waals surface area contributed by atoms with Crippen molar-refractivity contribution in [2.75, 3.05) is 20.1 Å². The Morgan fingerprint density at radius 2 is 2.42 bits per heavy atom. The van der Waals surface area contributed by atoms with Gasteiger partial charge in [-0.05, 0) is 25.9 Å². The SMILES string of the molecule is CNC1C=CCC2CNCC21C. The number of hydrogen-bond acceptors (Lipinski definition) is 2. The van der Waals surface area contributed by atoms with Crippen LogP contribution in [0, 0.1) is 11.3 Å². The lowest BCUT2D eigenvalue weighted by Crippen LogP contribution is -2.47. The first kappa shape index (κ1) is 8.27. The van der Waals surface area contributed by atoms with Crippen molar-refractivity contribution in [2.24, 2.45) is 11.3 Å². The lowest BCUT2D eigenvalue weighted by atomic mass is 9.69. The monoisotopic (exact) mass is 166 g/mol. The molecule has 1 aliphatic carbocycles. The van der Waals surface area contributed by atoms with Crippen LogP contribution in [0.15, 0.2) is 12.2 Å². The molecule has 1 fully saturated rings. The largest absolute Gasteiger partial charge is 0.316 e. The van der Waals surface area contributed by atoms with E-state index in [2.05, 4.69) is 36.8 Å². The van der Waals surface area contributed by atoms with Gasteiger partial charge in [-0.25, -0.2) is 0 Å². The molecule has 0 spiro atoms. The van der Waals surface area contributed by atoms with E-state index in [9.17, 15) is 0 Å². The summed E-state index contributed by atoms with van der Waals surface area (Å²) in [5, 5.41) is 6.88. The van der Waals surface area contributed by atoms with Gasteiger partial charge in [0.25, 0.3) is 0 Å². The summed E-state index contributed by atoms with van der Waals surface area (Å²) in [6.07, 6.45) is 5.89. The fraction of sp³-hybridized carbons (Fsp3) is 0.800. The average molecular weight is 166 g/mol. The van der Waals surface area contributed by atoms with E-state index in [1.165, 1.54) is 13.0 Å². The van der Waals surface area contributed by atoms with Gasteiger partial charge in [-0.1, -0.05) is 19.1 Å². The zero-order valence-corrected chi connectivity index (χ0v) is 7.93. The van der Waals surface area contributed by atoms with E-state index in [1.807, 2.05) is 0 Å². The molecule has 12 heavy (non-hydrogen) atoms. The zero-order valence-electron chi connectivity index (χ0n) is 7.93. The van der Waals surface area contributed by atoms with Gasteiger partial charge in [-0.3, -0.25) is 0 Å².